The second-order valence-corrected chi connectivity index (χ2v) is 5.53. The van der Waals surface area contributed by atoms with Crippen molar-refractivity contribution >= 4 is 0 Å². The third-order valence-corrected chi connectivity index (χ3v) is 3.02. The van der Waals surface area contributed by atoms with E-state index in [1.807, 2.05) is 30.9 Å². The molecule has 0 aromatic carbocycles. The normalized spacial score (nSPS) is 11.4. The van der Waals surface area contributed by atoms with Gasteiger partial charge in [-0.25, -0.2) is 0 Å². The lowest BCUT2D eigenvalue weighted by atomic mass is 10.2. The summed E-state index contributed by atoms with van der Waals surface area (Å²) in [6.07, 6.45) is 3.92. The van der Waals surface area contributed by atoms with E-state index in [0.29, 0.717) is 5.92 Å². The summed E-state index contributed by atoms with van der Waals surface area (Å²) >= 11 is 0. The Morgan fingerprint density at radius 3 is 2.79 bits per heavy atom. The van der Waals surface area contributed by atoms with Crippen molar-refractivity contribution in [1.29, 1.82) is 0 Å². The molecule has 0 aliphatic carbocycles. The van der Waals surface area contributed by atoms with E-state index >= 15 is 0 Å². The molecule has 0 atom stereocenters. The Kier molecular flexibility index (Phi) is 4.43. The predicted octanol–water partition coefficient (Wildman–Crippen LogP) is 2.89. The van der Waals surface area contributed by atoms with Crippen LogP contribution in [0.1, 0.15) is 36.5 Å². The van der Waals surface area contributed by atoms with Crippen LogP contribution in [0.4, 0.5) is 0 Å². The summed E-state index contributed by atoms with van der Waals surface area (Å²) in [6.45, 7) is 11.0. The minimum atomic E-state index is 0.655. The van der Waals surface area contributed by atoms with Gasteiger partial charge in [0.2, 0.25) is 0 Å². The van der Waals surface area contributed by atoms with E-state index in [1.54, 1.807) is 0 Å². The van der Waals surface area contributed by atoms with Crippen molar-refractivity contribution in [3.8, 4) is 0 Å². The van der Waals surface area contributed by atoms with Gasteiger partial charge >= 0.3 is 0 Å². The molecule has 0 aliphatic rings. The summed E-state index contributed by atoms with van der Waals surface area (Å²) in [6, 6.07) is 2.12. The van der Waals surface area contributed by atoms with Gasteiger partial charge in [0.1, 0.15) is 11.5 Å². The highest BCUT2D eigenvalue weighted by molar-refractivity contribution is 5.21. The molecule has 2 heterocycles. The van der Waals surface area contributed by atoms with E-state index in [2.05, 4.69) is 30.3 Å². The van der Waals surface area contributed by atoms with Crippen LogP contribution >= 0.6 is 0 Å². The van der Waals surface area contributed by atoms with Crippen molar-refractivity contribution in [3.63, 3.8) is 0 Å². The lowest BCUT2D eigenvalue weighted by molar-refractivity contribution is 0.446. The molecule has 0 spiro atoms. The molecule has 104 valence electrons. The number of hydrogen-bond acceptors (Lipinski definition) is 3. The highest BCUT2D eigenvalue weighted by Gasteiger charge is 2.08. The van der Waals surface area contributed by atoms with Crippen LogP contribution in [-0.4, -0.2) is 16.3 Å². The summed E-state index contributed by atoms with van der Waals surface area (Å²) < 4.78 is 7.71. The zero-order chi connectivity index (χ0) is 13.8. The molecule has 19 heavy (non-hydrogen) atoms. The van der Waals surface area contributed by atoms with Crippen LogP contribution < -0.4 is 5.32 Å². The van der Waals surface area contributed by atoms with Crippen LogP contribution in [-0.2, 0) is 13.1 Å². The first kappa shape index (κ1) is 13.9. The SMILES string of the molecule is Cc1cnn(Cc2cc(CNCC(C)C)oc2C)c1. The van der Waals surface area contributed by atoms with Crippen molar-refractivity contribution in [2.24, 2.45) is 5.92 Å². The second-order valence-electron chi connectivity index (χ2n) is 5.53. The number of nitrogens with one attached hydrogen (secondary N) is 1. The smallest absolute Gasteiger partial charge is 0.118 e. The third kappa shape index (κ3) is 3.96. The Morgan fingerprint density at radius 1 is 1.37 bits per heavy atom. The van der Waals surface area contributed by atoms with Crippen molar-refractivity contribution < 1.29 is 4.42 Å². The van der Waals surface area contributed by atoms with Gasteiger partial charge in [-0.05, 0) is 37.9 Å². The van der Waals surface area contributed by atoms with Gasteiger partial charge in [-0.15, -0.1) is 0 Å². The van der Waals surface area contributed by atoms with Crippen LogP contribution in [0.2, 0.25) is 0 Å². The van der Waals surface area contributed by atoms with Crippen LogP contribution in [0.5, 0.6) is 0 Å². The average molecular weight is 261 g/mol. The zero-order valence-corrected chi connectivity index (χ0v) is 12.2. The Hall–Kier alpha value is -1.55. The molecule has 0 unspecified atom stereocenters. The monoisotopic (exact) mass is 261 g/mol. The van der Waals surface area contributed by atoms with E-state index < -0.39 is 0 Å². The molecule has 4 nitrogen and oxygen atoms in total. The fourth-order valence-electron chi connectivity index (χ4n) is 2.04. The Balaban J connectivity index is 1.96. The maximum Gasteiger partial charge on any atom is 0.118 e. The van der Waals surface area contributed by atoms with Gasteiger partial charge < -0.3 is 9.73 Å². The third-order valence-electron chi connectivity index (χ3n) is 3.02. The summed E-state index contributed by atoms with van der Waals surface area (Å²) in [4.78, 5) is 0. The molecule has 0 radical (unpaired) electrons. The summed E-state index contributed by atoms with van der Waals surface area (Å²) in [7, 11) is 0. The molecule has 0 amide bonds. The minimum absolute atomic E-state index is 0.655. The van der Waals surface area contributed by atoms with Gasteiger partial charge in [0.25, 0.3) is 0 Å². The first-order chi connectivity index (χ1) is 9.04. The first-order valence-corrected chi connectivity index (χ1v) is 6.82. The fraction of sp³-hybridized carbons (Fsp3) is 0.533. The summed E-state index contributed by atoms with van der Waals surface area (Å²) in [5.41, 5.74) is 2.38. The molecular formula is C15H23N3O. The van der Waals surface area contributed by atoms with Gasteiger partial charge in [-0.2, -0.15) is 5.10 Å². The Bertz CT molecular complexity index is 525. The number of nitrogens with zero attached hydrogens (tertiary/aromatic N) is 2. The van der Waals surface area contributed by atoms with Crippen molar-refractivity contribution in [2.75, 3.05) is 6.54 Å². The second kappa shape index (κ2) is 6.06. The lowest BCUT2D eigenvalue weighted by Crippen LogP contribution is -2.18. The van der Waals surface area contributed by atoms with E-state index in [0.717, 1.165) is 31.2 Å². The van der Waals surface area contributed by atoms with Gasteiger partial charge in [-0.3, -0.25) is 4.68 Å². The number of aromatic nitrogens is 2. The molecule has 0 aliphatic heterocycles. The average Bonchev–Trinajstić information content (AvgIpc) is 2.87. The van der Waals surface area contributed by atoms with E-state index in [4.69, 9.17) is 4.42 Å². The van der Waals surface area contributed by atoms with Gasteiger partial charge in [0.15, 0.2) is 0 Å². The molecule has 2 rings (SSSR count). The van der Waals surface area contributed by atoms with Gasteiger partial charge in [0, 0.05) is 11.8 Å². The largest absolute Gasteiger partial charge is 0.465 e. The Labute approximate surface area is 114 Å². The van der Waals surface area contributed by atoms with Gasteiger partial charge in [0.05, 0.1) is 19.3 Å². The molecule has 0 bridgehead atoms. The van der Waals surface area contributed by atoms with Crippen LogP contribution in [0.25, 0.3) is 0 Å². The quantitative estimate of drug-likeness (QED) is 0.869. The van der Waals surface area contributed by atoms with Crippen LogP contribution in [0.15, 0.2) is 22.9 Å². The van der Waals surface area contributed by atoms with E-state index in [1.165, 1.54) is 11.1 Å². The van der Waals surface area contributed by atoms with Gasteiger partial charge in [-0.1, -0.05) is 13.8 Å². The lowest BCUT2D eigenvalue weighted by Gasteiger charge is -2.04. The van der Waals surface area contributed by atoms with Crippen LogP contribution in [0, 0.1) is 19.8 Å². The highest BCUT2D eigenvalue weighted by Crippen LogP contribution is 2.16. The number of hydrogen-bond donors (Lipinski definition) is 1. The van der Waals surface area contributed by atoms with Crippen molar-refractivity contribution in [2.45, 2.75) is 40.8 Å². The number of rotatable bonds is 6. The van der Waals surface area contributed by atoms with E-state index in [9.17, 15) is 0 Å². The number of aryl methyl sites for hydroxylation is 2. The fourth-order valence-corrected chi connectivity index (χ4v) is 2.04. The minimum Gasteiger partial charge on any atom is -0.465 e. The number of furan rings is 1. The van der Waals surface area contributed by atoms with Crippen molar-refractivity contribution in [3.05, 3.63) is 41.1 Å². The molecular weight excluding hydrogens is 238 g/mol. The van der Waals surface area contributed by atoms with Crippen LogP contribution in [0.3, 0.4) is 0 Å². The topological polar surface area (TPSA) is 43.0 Å². The summed E-state index contributed by atoms with van der Waals surface area (Å²) in [5, 5.41) is 7.70. The first-order valence-electron chi connectivity index (χ1n) is 6.82. The van der Waals surface area contributed by atoms with Crippen molar-refractivity contribution in [1.82, 2.24) is 15.1 Å². The molecule has 1 N–H and O–H groups in total. The standard InChI is InChI=1S/C15H23N3O/c1-11(2)6-16-8-15-5-14(13(4)19-15)10-18-9-12(3)7-17-18/h5,7,9,11,16H,6,8,10H2,1-4H3. The predicted molar refractivity (Wildman–Crippen MR) is 76.1 cm³/mol. The highest BCUT2D eigenvalue weighted by atomic mass is 16.3. The molecule has 2 aromatic heterocycles. The summed E-state index contributed by atoms with van der Waals surface area (Å²) in [5.74, 6) is 2.63. The maximum atomic E-state index is 5.77. The molecule has 2 aromatic rings. The molecule has 4 heteroatoms. The zero-order valence-electron chi connectivity index (χ0n) is 12.2. The Morgan fingerprint density at radius 2 is 2.16 bits per heavy atom. The molecule has 0 fully saturated rings. The maximum absolute atomic E-state index is 5.77. The molecule has 0 saturated carbocycles. The van der Waals surface area contributed by atoms with E-state index in [-0.39, 0.29) is 0 Å². The molecule has 0 saturated heterocycles.